The maximum Gasteiger partial charge on any atom is 0.154 e. The lowest BCUT2D eigenvalue weighted by Gasteiger charge is -2.01. The van der Waals surface area contributed by atoms with Crippen LogP contribution in [0.25, 0.3) is 11.3 Å². The molecule has 2 rings (SSSR count). The highest BCUT2D eigenvalue weighted by Crippen LogP contribution is 2.33. The lowest BCUT2D eigenvalue weighted by Crippen LogP contribution is -1.89. The fraction of sp³-hybridized carbons (Fsp3) is 0.167. The first-order chi connectivity index (χ1) is 8.19. The summed E-state index contributed by atoms with van der Waals surface area (Å²) >= 11 is 5.91. The number of hydrogen-bond acceptors (Lipinski definition) is 3. The molecule has 0 spiro atoms. The average molecular weight is 251 g/mol. The first-order valence-electron chi connectivity index (χ1n) is 5.02. The van der Waals surface area contributed by atoms with Gasteiger partial charge in [-0.3, -0.25) is 0 Å². The highest BCUT2D eigenvalue weighted by Gasteiger charge is 2.21. The lowest BCUT2D eigenvalue weighted by atomic mass is 10.1. The van der Waals surface area contributed by atoms with Crippen LogP contribution in [0.3, 0.4) is 0 Å². The molecule has 1 aromatic heterocycles. The van der Waals surface area contributed by atoms with Gasteiger partial charge in [-0.2, -0.15) is 5.26 Å². The van der Waals surface area contributed by atoms with Crippen molar-refractivity contribution < 1.29 is 8.91 Å². The average Bonchev–Trinajstić information content (AvgIpc) is 2.71. The molecular formula is C12H8ClFN2O. The molecule has 0 N–H and O–H groups in total. The van der Waals surface area contributed by atoms with Gasteiger partial charge in [-0.1, -0.05) is 29.7 Å². The van der Waals surface area contributed by atoms with Crippen LogP contribution in [0, 0.1) is 17.1 Å². The van der Waals surface area contributed by atoms with Gasteiger partial charge in [0.15, 0.2) is 5.76 Å². The van der Waals surface area contributed by atoms with E-state index in [-0.39, 0.29) is 21.8 Å². The summed E-state index contributed by atoms with van der Waals surface area (Å²) in [7, 11) is 0. The Balaban J connectivity index is 2.70. The van der Waals surface area contributed by atoms with Crippen LogP contribution in [0.1, 0.15) is 18.2 Å². The van der Waals surface area contributed by atoms with Crippen molar-refractivity contribution in [3.63, 3.8) is 0 Å². The first kappa shape index (κ1) is 11.6. The van der Waals surface area contributed by atoms with E-state index >= 15 is 0 Å². The molecule has 0 fully saturated rings. The van der Waals surface area contributed by atoms with Crippen molar-refractivity contribution in [2.24, 2.45) is 0 Å². The molecule has 86 valence electrons. The van der Waals surface area contributed by atoms with E-state index in [4.69, 9.17) is 21.4 Å². The Morgan fingerprint density at radius 3 is 2.88 bits per heavy atom. The molecule has 0 bridgehead atoms. The third kappa shape index (κ3) is 1.90. The molecule has 0 aliphatic rings. The van der Waals surface area contributed by atoms with Crippen molar-refractivity contribution in [1.82, 2.24) is 5.16 Å². The number of hydrogen-bond donors (Lipinski definition) is 0. The maximum absolute atomic E-state index is 13.7. The predicted octanol–water partition coefficient (Wildman–Crippen LogP) is 3.57. The number of aromatic nitrogens is 1. The van der Waals surface area contributed by atoms with Gasteiger partial charge < -0.3 is 4.52 Å². The van der Waals surface area contributed by atoms with E-state index in [2.05, 4.69) is 5.16 Å². The number of benzene rings is 1. The van der Waals surface area contributed by atoms with Gasteiger partial charge in [0, 0.05) is 6.42 Å². The smallest absolute Gasteiger partial charge is 0.154 e. The zero-order chi connectivity index (χ0) is 12.4. The minimum Gasteiger partial charge on any atom is -0.359 e. The number of nitrogens with zero attached hydrogens (tertiary/aromatic N) is 2. The molecule has 1 aromatic carbocycles. The summed E-state index contributed by atoms with van der Waals surface area (Å²) in [6.45, 7) is 1.83. The summed E-state index contributed by atoms with van der Waals surface area (Å²) in [5.74, 6) is -0.0910. The molecule has 0 aliphatic heterocycles. The SMILES string of the molecule is CCc1onc(-c2c(F)cccc2Cl)c1C#N. The third-order valence-electron chi connectivity index (χ3n) is 2.40. The fourth-order valence-electron chi connectivity index (χ4n) is 1.58. The Labute approximate surface area is 102 Å². The fourth-order valence-corrected chi connectivity index (χ4v) is 1.83. The minimum atomic E-state index is -0.523. The van der Waals surface area contributed by atoms with Crippen LogP contribution in [-0.2, 0) is 6.42 Å². The Morgan fingerprint density at radius 1 is 1.53 bits per heavy atom. The van der Waals surface area contributed by atoms with Gasteiger partial charge in [0.25, 0.3) is 0 Å². The summed E-state index contributed by atoms with van der Waals surface area (Å²) in [6.07, 6.45) is 0.516. The molecule has 0 unspecified atom stereocenters. The Morgan fingerprint density at radius 2 is 2.29 bits per heavy atom. The molecular weight excluding hydrogens is 243 g/mol. The lowest BCUT2D eigenvalue weighted by molar-refractivity contribution is 0.388. The number of aryl methyl sites for hydroxylation is 1. The highest BCUT2D eigenvalue weighted by molar-refractivity contribution is 6.33. The predicted molar refractivity (Wildman–Crippen MR) is 61.0 cm³/mol. The van der Waals surface area contributed by atoms with Gasteiger partial charge in [-0.25, -0.2) is 4.39 Å². The number of halogens is 2. The van der Waals surface area contributed by atoms with Crippen molar-refractivity contribution >= 4 is 11.6 Å². The zero-order valence-electron chi connectivity index (χ0n) is 9.00. The third-order valence-corrected chi connectivity index (χ3v) is 2.71. The van der Waals surface area contributed by atoms with Gasteiger partial charge in [0.1, 0.15) is 23.1 Å². The van der Waals surface area contributed by atoms with Crippen molar-refractivity contribution in [2.75, 3.05) is 0 Å². The Hall–Kier alpha value is -1.86. The Kier molecular flexibility index (Phi) is 3.12. The second kappa shape index (κ2) is 4.56. The van der Waals surface area contributed by atoms with Gasteiger partial charge in [0.05, 0.1) is 10.6 Å². The van der Waals surface area contributed by atoms with Crippen LogP contribution in [0.5, 0.6) is 0 Å². The molecule has 17 heavy (non-hydrogen) atoms. The van der Waals surface area contributed by atoms with Crippen LogP contribution >= 0.6 is 11.6 Å². The van der Waals surface area contributed by atoms with Crippen LogP contribution in [0.4, 0.5) is 4.39 Å². The van der Waals surface area contributed by atoms with Crippen LogP contribution in [0.15, 0.2) is 22.7 Å². The molecule has 0 amide bonds. The summed E-state index contributed by atoms with van der Waals surface area (Å²) in [4.78, 5) is 0. The molecule has 1 heterocycles. The molecule has 0 aliphatic carbocycles. The standard InChI is InChI=1S/C12H8ClFN2O/c1-2-10-7(6-15)12(16-17-10)11-8(13)4-3-5-9(11)14/h3-5H,2H2,1H3. The minimum absolute atomic E-state index is 0.106. The van der Waals surface area contributed by atoms with Crippen molar-refractivity contribution in [2.45, 2.75) is 13.3 Å². The second-order valence-corrected chi connectivity index (χ2v) is 3.80. The molecule has 0 saturated carbocycles. The van der Waals surface area contributed by atoms with Crippen LogP contribution < -0.4 is 0 Å². The summed E-state index contributed by atoms with van der Waals surface area (Å²) < 4.78 is 18.7. The molecule has 5 heteroatoms. The monoisotopic (exact) mass is 250 g/mol. The maximum atomic E-state index is 13.7. The van der Waals surface area contributed by atoms with E-state index in [1.165, 1.54) is 12.1 Å². The summed E-state index contributed by atoms with van der Waals surface area (Å²) in [5.41, 5.74) is 0.501. The van der Waals surface area contributed by atoms with E-state index in [9.17, 15) is 4.39 Å². The van der Waals surface area contributed by atoms with Crippen molar-refractivity contribution in [3.8, 4) is 17.3 Å². The second-order valence-electron chi connectivity index (χ2n) is 3.39. The van der Waals surface area contributed by atoms with Gasteiger partial charge in [0.2, 0.25) is 0 Å². The topological polar surface area (TPSA) is 49.8 Å². The largest absolute Gasteiger partial charge is 0.359 e. The normalized spacial score (nSPS) is 10.2. The van der Waals surface area contributed by atoms with Gasteiger partial charge in [-0.15, -0.1) is 0 Å². The summed E-state index contributed by atoms with van der Waals surface area (Å²) in [5, 5.41) is 13.0. The van der Waals surface area contributed by atoms with Gasteiger partial charge >= 0.3 is 0 Å². The Bertz CT molecular complexity index is 581. The number of nitriles is 1. The van der Waals surface area contributed by atoms with E-state index in [0.717, 1.165) is 0 Å². The quantitative estimate of drug-likeness (QED) is 0.819. The number of rotatable bonds is 2. The van der Waals surface area contributed by atoms with Crippen LogP contribution in [0.2, 0.25) is 5.02 Å². The van der Waals surface area contributed by atoms with Crippen molar-refractivity contribution in [3.05, 3.63) is 40.4 Å². The first-order valence-corrected chi connectivity index (χ1v) is 5.39. The van der Waals surface area contributed by atoms with E-state index in [0.29, 0.717) is 12.2 Å². The molecule has 3 nitrogen and oxygen atoms in total. The van der Waals surface area contributed by atoms with Crippen molar-refractivity contribution in [1.29, 1.82) is 5.26 Å². The highest BCUT2D eigenvalue weighted by atomic mass is 35.5. The van der Waals surface area contributed by atoms with Gasteiger partial charge in [-0.05, 0) is 12.1 Å². The van der Waals surface area contributed by atoms with E-state index < -0.39 is 5.82 Å². The molecule has 0 atom stereocenters. The summed E-state index contributed by atoms with van der Waals surface area (Å²) in [6, 6.07) is 6.27. The molecule has 2 aromatic rings. The molecule has 0 saturated heterocycles. The van der Waals surface area contributed by atoms with E-state index in [1.54, 1.807) is 6.07 Å². The molecule has 0 radical (unpaired) electrons. The van der Waals surface area contributed by atoms with Crippen LogP contribution in [-0.4, -0.2) is 5.16 Å². The zero-order valence-corrected chi connectivity index (χ0v) is 9.75. The van der Waals surface area contributed by atoms with E-state index in [1.807, 2.05) is 13.0 Å².